The summed E-state index contributed by atoms with van der Waals surface area (Å²) in [6.07, 6.45) is 8.93. The largest absolute Gasteiger partial charge is 0.328 e. The van der Waals surface area contributed by atoms with Crippen molar-refractivity contribution in [3.63, 3.8) is 0 Å². The molecule has 0 unspecified atom stereocenters. The number of hydrazine groups is 1. The number of hydrogen-bond acceptors (Lipinski definition) is 6. The van der Waals surface area contributed by atoms with Crippen LogP contribution in [0.4, 0.5) is 5.69 Å². The maximum atomic E-state index is 13.0. The molecular formula is C19H25N5O2. The zero-order valence-corrected chi connectivity index (χ0v) is 14.9. The average molecular weight is 355 g/mol. The van der Waals surface area contributed by atoms with Gasteiger partial charge in [-0.25, -0.2) is 5.01 Å². The van der Waals surface area contributed by atoms with Crippen molar-refractivity contribution in [2.45, 2.75) is 32.1 Å². The van der Waals surface area contributed by atoms with E-state index in [-0.39, 0.29) is 5.91 Å². The number of carbonyl (C=O) groups excluding carboxylic acids is 1. The van der Waals surface area contributed by atoms with Gasteiger partial charge in [-0.1, -0.05) is 18.6 Å². The average Bonchev–Trinajstić information content (AvgIpc) is 2.96. The van der Waals surface area contributed by atoms with Crippen LogP contribution in [0, 0.1) is 4.91 Å². The number of aliphatic imine (C=N–C) groups is 1. The van der Waals surface area contributed by atoms with Crippen molar-refractivity contribution in [2.24, 2.45) is 10.2 Å². The molecule has 7 nitrogen and oxygen atoms in total. The molecule has 0 spiro atoms. The van der Waals surface area contributed by atoms with E-state index in [9.17, 15) is 9.70 Å². The molecule has 1 aromatic carbocycles. The van der Waals surface area contributed by atoms with E-state index in [0.717, 1.165) is 57.4 Å². The number of hydrogen-bond donors (Lipinski definition) is 1. The van der Waals surface area contributed by atoms with Gasteiger partial charge in [0.2, 0.25) is 0 Å². The van der Waals surface area contributed by atoms with Crippen LogP contribution in [0.15, 0.2) is 40.1 Å². The van der Waals surface area contributed by atoms with E-state index in [1.807, 2.05) is 16.0 Å². The molecule has 0 aromatic heterocycles. The van der Waals surface area contributed by atoms with Crippen molar-refractivity contribution >= 4 is 24.0 Å². The third kappa shape index (κ3) is 4.98. The molecule has 3 rings (SSSR count). The predicted octanol–water partition coefficient (Wildman–Crippen LogP) is 3.07. The van der Waals surface area contributed by atoms with Crippen LogP contribution in [-0.2, 0) is 4.79 Å². The van der Waals surface area contributed by atoms with E-state index >= 15 is 0 Å². The van der Waals surface area contributed by atoms with Gasteiger partial charge in [0.05, 0.1) is 6.34 Å². The highest BCUT2D eigenvalue weighted by Crippen LogP contribution is 2.18. The quantitative estimate of drug-likeness (QED) is 0.650. The Bertz CT molecular complexity index is 695. The summed E-state index contributed by atoms with van der Waals surface area (Å²) < 4.78 is 0. The summed E-state index contributed by atoms with van der Waals surface area (Å²) in [4.78, 5) is 30.0. The molecular weight excluding hydrogens is 330 g/mol. The number of piperidine rings is 1. The first kappa shape index (κ1) is 18.3. The van der Waals surface area contributed by atoms with Crippen LogP contribution in [0.3, 0.4) is 0 Å². The Labute approximate surface area is 153 Å². The molecule has 26 heavy (non-hydrogen) atoms. The first-order valence-corrected chi connectivity index (χ1v) is 9.24. The molecule has 1 amide bonds. The van der Waals surface area contributed by atoms with Crippen molar-refractivity contribution in [1.82, 2.24) is 15.3 Å². The molecule has 2 aliphatic rings. The summed E-state index contributed by atoms with van der Waals surface area (Å²) in [6.45, 7) is 3.27. The van der Waals surface area contributed by atoms with Gasteiger partial charge >= 0.3 is 0 Å². The lowest BCUT2D eigenvalue weighted by Gasteiger charge is -2.29. The Morgan fingerprint density at radius 3 is 2.73 bits per heavy atom. The van der Waals surface area contributed by atoms with Crippen LogP contribution < -0.4 is 5.43 Å². The van der Waals surface area contributed by atoms with Crippen LogP contribution in [0.25, 0.3) is 6.08 Å². The summed E-state index contributed by atoms with van der Waals surface area (Å²) in [7, 11) is 0. The highest BCUT2D eigenvalue weighted by atomic mass is 16.3. The number of amides is 1. The van der Waals surface area contributed by atoms with Crippen molar-refractivity contribution in [2.75, 3.05) is 26.2 Å². The Morgan fingerprint density at radius 1 is 1.12 bits per heavy atom. The fourth-order valence-electron chi connectivity index (χ4n) is 3.20. The summed E-state index contributed by atoms with van der Waals surface area (Å²) in [6, 6.07) is 6.94. The molecule has 1 aromatic rings. The maximum absolute atomic E-state index is 13.0. The van der Waals surface area contributed by atoms with Gasteiger partial charge in [0, 0.05) is 26.2 Å². The van der Waals surface area contributed by atoms with Crippen LogP contribution in [-0.4, -0.2) is 48.3 Å². The van der Waals surface area contributed by atoms with Crippen molar-refractivity contribution in [3.05, 3.63) is 40.4 Å². The Hall–Kier alpha value is -2.54. The molecule has 1 fully saturated rings. The van der Waals surface area contributed by atoms with Crippen molar-refractivity contribution in [1.29, 1.82) is 0 Å². The fraction of sp³-hybridized carbons (Fsp3) is 0.474. The van der Waals surface area contributed by atoms with Crippen molar-refractivity contribution < 1.29 is 4.79 Å². The first-order chi connectivity index (χ1) is 12.8. The second kappa shape index (κ2) is 9.24. The maximum Gasteiger partial charge on any atom is 0.282 e. The molecule has 2 heterocycles. The predicted molar refractivity (Wildman–Crippen MR) is 103 cm³/mol. The number of benzene rings is 1. The Balaban J connectivity index is 1.85. The third-order valence-corrected chi connectivity index (χ3v) is 4.59. The van der Waals surface area contributed by atoms with Gasteiger partial charge in [-0.05, 0) is 54.6 Å². The van der Waals surface area contributed by atoms with E-state index in [1.165, 1.54) is 6.42 Å². The molecule has 7 heteroatoms. The highest BCUT2D eigenvalue weighted by molar-refractivity contribution is 5.99. The number of rotatable bonds is 5. The smallest absolute Gasteiger partial charge is 0.282 e. The van der Waals surface area contributed by atoms with Crippen LogP contribution in [0.5, 0.6) is 0 Å². The molecule has 138 valence electrons. The Morgan fingerprint density at radius 2 is 1.92 bits per heavy atom. The SMILES string of the molecule is O=Nc1cccc(/C=C(/C(=O)NN2CCCCC2)N2C=NCCCC2)c1. The first-order valence-electron chi connectivity index (χ1n) is 9.24. The minimum Gasteiger partial charge on any atom is -0.328 e. The number of carbonyl (C=O) groups is 1. The van der Waals surface area contributed by atoms with E-state index in [1.54, 1.807) is 30.6 Å². The van der Waals surface area contributed by atoms with Gasteiger partial charge in [0.25, 0.3) is 5.91 Å². The van der Waals surface area contributed by atoms with Gasteiger partial charge in [-0.15, -0.1) is 4.91 Å². The molecule has 0 saturated carbocycles. The fourth-order valence-corrected chi connectivity index (χ4v) is 3.20. The van der Waals surface area contributed by atoms with E-state index in [2.05, 4.69) is 15.6 Å². The number of nitroso groups, excluding NO2 is 1. The van der Waals surface area contributed by atoms with Gasteiger partial charge in [0.1, 0.15) is 11.4 Å². The van der Waals surface area contributed by atoms with Crippen LogP contribution in [0.1, 0.15) is 37.7 Å². The lowest BCUT2D eigenvalue weighted by Crippen LogP contribution is -2.47. The van der Waals surface area contributed by atoms with Crippen LogP contribution in [0.2, 0.25) is 0 Å². The van der Waals surface area contributed by atoms with E-state index in [4.69, 9.17) is 0 Å². The molecule has 1 saturated heterocycles. The van der Waals surface area contributed by atoms with Gasteiger partial charge in [0.15, 0.2) is 0 Å². The van der Waals surface area contributed by atoms with Crippen LogP contribution >= 0.6 is 0 Å². The summed E-state index contributed by atoms with van der Waals surface area (Å²) >= 11 is 0. The van der Waals surface area contributed by atoms with E-state index < -0.39 is 0 Å². The number of nitrogens with zero attached hydrogens (tertiary/aromatic N) is 4. The van der Waals surface area contributed by atoms with E-state index in [0.29, 0.717) is 11.4 Å². The normalized spacial score (nSPS) is 19.1. The van der Waals surface area contributed by atoms with Gasteiger partial charge in [-0.2, -0.15) is 0 Å². The highest BCUT2D eigenvalue weighted by Gasteiger charge is 2.21. The topological polar surface area (TPSA) is 77.4 Å². The zero-order valence-electron chi connectivity index (χ0n) is 14.9. The Kier molecular flexibility index (Phi) is 6.49. The second-order valence-electron chi connectivity index (χ2n) is 6.63. The molecule has 0 bridgehead atoms. The monoisotopic (exact) mass is 355 g/mol. The summed E-state index contributed by atoms with van der Waals surface area (Å²) in [5.74, 6) is -0.148. The minimum absolute atomic E-state index is 0.148. The second-order valence-corrected chi connectivity index (χ2v) is 6.63. The lowest BCUT2D eigenvalue weighted by atomic mass is 10.1. The van der Waals surface area contributed by atoms with Gasteiger partial charge in [-0.3, -0.25) is 15.2 Å². The number of nitrogens with one attached hydrogen (secondary N) is 1. The van der Waals surface area contributed by atoms with Gasteiger partial charge < -0.3 is 4.90 Å². The molecule has 0 atom stereocenters. The molecule has 2 aliphatic heterocycles. The standard InChI is InChI=1S/C19H25N5O2/c25-19(21-24-11-3-1-4-12-24)18(23-10-5-2-9-20-15-23)14-16-7-6-8-17(13-16)22-26/h6-8,13-15H,1-5,9-12H2,(H,21,25)/b18-14-. The zero-order chi connectivity index (χ0) is 18.2. The molecule has 0 aliphatic carbocycles. The summed E-state index contributed by atoms with van der Waals surface area (Å²) in [5.41, 5.74) is 4.67. The van der Waals surface area contributed by atoms with Crippen molar-refractivity contribution in [3.8, 4) is 0 Å². The molecule has 0 radical (unpaired) electrons. The third-order valence-electron chi connectivity index (χ3n) is 4.59. The molecule has 1 N–H and O–H groups in total. The summed E-state index contributed by atoms with van der Waals surface area (Å²) in [5, 5.41) is 4.96. The minimum atomic E-state index is -0.148. The lowest BCUT2D eigenvalue weighted by molar-refractivity contribution is -0.123.